The molecule has 1 unspecified atom stereocenters. The Morgan fingerprint density at radius 3 is 2.60 bits per heavy atom. The van der Waals surface area contributed by atoms with E-state index in [1.54, 1.807) is 0 Å². The van der Waals surface area contributed by atoms with Gasteiger partial charge in [-0.3, -0.25) is 0 Å². The fraction of sp³-hybridized carbons (Fsp3) is 0.500. The standard InChI is InChI=1S/C12H17NO2/c1-12(2)8-11(15-9-13(12)14)10-6-4-3-5-7-10/h3-7,11,14H,8-9H2,1-2H3. The Balaban J connectivity index is 2.14. The van der Waals surface area contributed by atoms with E-state index >= 15 is 0 Å². The van der Waals surface area contributed by atoms with E-state index in [2.05, 4.69) is 12.1 Å². The Kier molecular flexibility index (Phi) is 2.78. The van der Waals surface area contributed by atoms with Crippen LogP contribution in [0.5, 0.6) is 0 Å². The molecule has 1 fully saturated rings. The predicted molar refractivity (Wildman–Crippen MR) is 57.5 cm³/mol. The van der Waals surface area contributed by atoms with E-state index < -0.39 is 0 Å². The first kappa shape index (κ1) is 10.6. The Labute approximate surface area is 90.2 Å². The van der Waals surface area contributed by atoms with Gasteiger partial charge in [-0.25, -0.2) is 0 Å². The highest BCUT2D eigenvalue weighted by atomic mass is 16.6. The summed E-state index contributed by atoms with van der Waals surface area (Å²) in [6.45, 7) is 4.31. The average molecular weight is 207 g/mol. The van der Waals surface area contributed by atoms with E-state index in [1.807, 2.05) is 32.0 Å². The van der Waals surface area contributed by atoms with Crippen molar-refractivity contribution < 1.29 is 9.94 Å². The molecular weight excluding hydrogens is 190 g/mol. The third kappa shape index (κ3) is 2.20. The number of ether oxygens (including phenoxy) is 1. The SMILES string of the molecule is CC1(C)CC(c2ccccc2)OCN1O. The van der Waals surface area contributed by atoms with Crippen LogP contribution in [0.2, 0.25) is 0 Å². The minimum absolute atomic E-state index is 0.0876. The van der Waals surface area contributed by atoms with Crippen molar-refractivity contribution in [1.82, 2.24) is 5.06 Å². The molecule has 1 saturated heterocycles. The highest BCUT2D eigenvalue weighted by molar-refractivity contribution is 5.18. The first-order valence-electron chi connectivity index (χ1n) is 5.23. The molecule has 1 heterocycles. The molecule has 3 heteroatoms. The molecule has 3 nitrogen and oxygen atoms in total. The highest BCUT2D eigenvalue weighted by Gasteiger charge is 2.35. The molecule has 0 bridgehead atoms. The van der Waals surface area contributed by atoms with Gasteiger partial charge in [0.25, 0.3) is 0 Å². The largest absolute Gasteiger partial charge is 0.356 e. The van der Waals surface area contributed by atoms with Crippen LogP contribution in [-0.2, 0) is 4.74 Å². The third-order valence-corrected chi connectivity index (χ3v) is 2.95. The van der Waals surface area contributed by atoms with Crippen LogP contribution in [0.3, 0.4) is 0 Å². The van der Waals surface area contributed by atoms with Gasteiger partial charge in [-0.2, -0.15) is 5.06 Å². The van der Waals surface area contributed by atoms with Gasteiger partial charge in [-0.15, -0.1) is 0 Å². The van der Waals surface area contributed by atoms with E-state index in [4.69, 9.17) is 4.74 Å². The van der Waals surface area contributed by atoms with Gasteiger partial charge in [-0.05, 0) is 25.8 Å². The van der Waals surface area contributed by atoms with Crippen molar-refractivity contribution >= 4 is 0 Å². The van der Waals surface area contributed by atoms with Crippen molar-refractivity contribution in [3.8, 4) is 0 Å². The number of hydrogen-bond acceptors (Lipinski definition) is 3. The number of hydrogen-bond donors (Lipinski definition) is 1. The maximum Gasteiger partial charge on any atom is 0.123 e. The van der Waals surface area contributed by atoms with Crippen molar-refractivity contribution in [2.24, 2.45) is 0 Å². The van der Waals surface area contributed by atoms with Crippen LogP contribution in [0.4, 0.5) is 0 Å². The summed E-state index contributed by atoms with van der Waals surface area (Å²) in [6, 6.07) is 10.1. The number of nitrogens with zero attached hydrogens (tertiary/aromatic N) is 1. The summed E-state index contributed by atoms with van der Waals surface area (Å²) in [5, 5.41) is 10.9. The van der Waals surface area contributed by atoms with Gasteiger partial charge in [0.15, 0.2) is 0 Å². The van der Waals surface area contributed by atoms with E-state index in [0.717, 1.165) is 6.42 Å². The van der Waals surface area contributed by atoms with Gasteiger partial charge in [0, 0.05) is 5.54 Å². The molecule has 1 aliphatic rings. The van der Waals surface area contributed by atoms with E-state index in [0.29, 0.717) is 0 Å². The van der Waals surface area contributed by atoms with Crippen LogP contribution in [0.1, 0.15) is 31.9 Å². The van der Waals surface area contributed by atoms with Gasteiger partial charge in [0.05, 0.1) is 6.10 Å². The van der Waals surface area contributed by atoms with Crippen LogP contribution < -0.4 is 0 Å². The Morgan fingerprint density at radius 2 is 2.00 bits per heavy atom. The predicted octanol–water partition coefficient (Wildman–Crippen LogP) is 2.58. The summed E-state index contributed by atoms with van der Waals surface area (Å²) >= 11 is 0. The van der Waals surface area contributed by atoms with Gasteiger partial charge >= 0.3 is 0 Å². The van der Waals surface area contributed by atoms with E-state index in [1.165, 1.54) is 10.6 Å². The van der Waals surface area contributed by atoms with Crippen LogP contribution in [0, 0.1) is 0 Å². The first-order chi connectivity index (χ1) is 7.09. The minimum atomic E-state index is -0.223. The third-order valence-electron chi connectivity index (χ3n) is 2.95. The second-order valence-corrected chi connectivity index (χ2v) is 4.61. The van der Waals surface area contributed by atoms with Crippen LogP contribution >= 0.6 is 0 Å². The second kappa shape index (κ2) is 3.93. The topological polar surface area (TPSA) is 32.7 Å². The lowest BCUT2D eigenvalue weighted by molar-refractivity contribution is -0.266. The second-order valence-electron chi connectivity index (χ2n) is 4.61. The summed E-state index contributed by atoms with van der Waals surface area (Å²) in [5.74, 6) is 0. The molecule has 1 atom stereocenters. The molecule has 1 N–H and O–H groups in total. The van der Waals surface area contributed by atoms with Crippen molar-refractivity contribution in [2.75, 3.05) is 6.73 Å². The summed E-state index contributed by atoms with van der Waals surface area (Å²) < 4.78 is 5.59. The first-order valence-corrected chi connectivity index (χ1v) is 5.23. The van der Waals surface area contributed by atoms with Crippen LogP contribution in [0.15, 0.2) is 30.3 Å². The zero-order valence-corrected chi connectivity index (χ0v) is 9.18. The molecule has 15 heavy (non-hydrogen) atoms. The smallest absolute Gasteiger partial charge is 0.123 e. The van der Waals surface area contributed by atoms with Crippen LogP contribution in [-0.4, -0.2) is 22.5 Å². The van der Waals surface area contributed by atoms with E-state index in [-0.39, 0.29) is 18.4 Å². The van der Waals surface area contributed by atoms with Crippen LogP contribution in [0.25, 0.3) is 0 Å². The summed E-state index contributed by atoms with van der Waals surface area (Å²) in [6.07, 6.45) is 0.887. The number of rotatable bonds is 1. The highest BCUT2D eigenvalue weighted by Crippen LogP contribution is 2.34. The minimum Gasteiger partial charge on any atom is -0.356 e. The molecule has 1 aliphatic heterocycles. The fourth-order valence-electron chi connectivity index (χ4n) is 1.84. The van der Waals surface area contributed by atoms with Gasteiger partial charge in [0.1, 0.15) is 6.73 Å². The maximum atomic E-state index is 9.61. The van der Waals surface area contributed by atoms with Crippen molar-refractivity contribution in [3.63, 3.8) is 0 Å². The molecule has 0 spiro atoms. The van der Waals surface area contributed by atoms with Crippen molar-refractivity contribution in [2.45, 2.75) is 31.9 Å². The molecular formula is C12H17NO2. The quantitative estimate of drug-likeness (QED) is 0.768. The molecule has 0 saturated carbocycles. The lowest BCUT2D eigenvalue weighted by Gasteiger charge is -2.41. The zero-order valence-electron chi connectivity index (χ0n) is 9.18. The summed E-state index contributed by atoms with van der Waals surface area (Å²) in [4.78, 5) is 0. The van der Waals surface area contributed by atoms with Gasteiger partial charge in [0.2, 0.25) is 0 Å². The lowest BCUT2D eigenvalue weighted by atomic mass is 9.91. The molecule has 0 aliphatic carbocycles. The summed E-state index contributed by atoms with van der Waals surface area (Å²) in [7, 11) is 0. The Bertz CT molecular complexity index is 324. The summed E-state index contributed by atoms with van der Waals surface area (Å²) in [5.41, 5.74) is 0.956. The lowest BCUT2D eigenvalue weighted by Crippen LogP contribution is -2.48. The molecule has 1 aromatic rings. The maximum absolute atomic E-state index is 9.61. The van der Waals surface area contributed by atoms with E-state index in [9.17, 15) is 5.21 Å². The average Bonchev–Trinajstić information content (AvgIpc) is 2.23. The zero-order chi connectivity index (χ0) is 10.9. The fourth-order valence-corrected chi connectivity index (χ4v) is 1.84. The number of hydroxylamine groups is 2. The Hall–Kier alpha value is -0.900. The normalized spacial score (nSPS) is 26.5. The van der Waals surface area contributed by atoms with Gasteiger partial charge in [-0.1, -0.05) is 30.3 Å². The molecule has 2 rings (SSSR count). The van der Waals surface area contributed by atoms with Crippen molar-refractivity contribution in [3.05, 3.63) is 35.9 Å². The van der Waals surface area contributed by atoms with Crippen molar-refractivity contribution in [1.29, 1.82) is 0 Å². The monoisotopic (exact) mass is 207 g/mol. The number of benzene rings is 1. The molecule has 1 aromatic carbocycles. The van der Waals surface area contributed by atoms with Gasteiger partial charge < -0.3 is 9.94 Å². The Morgan fingerprint density at radius 1 is 1.33 bits per heavy atom. The molecule has 82 valence electrons. The molecule has 0 radical (unpaired) electrons. The molecule has 0 amide bonds. The molecule has 0 aromatic heterocycles.